The minimum absolute atomic E-state index is 0.572. The third-order valence-electron chi connectivity index (χ3n) is 5.06. The van der Waals surface area contributed by atoms with Crippen LogP contribution in [-0.2, 0) is 13.1 Å². The summed E-state index contributed by atoms with van der Waals surface area (Å²) in [6.45, 7) is 13.5. The standard InChI is InChI=1S/C15H26N4/c1-4-19-13(3)14(12(2)17-19)9-18-8-6-15(11-18)5-7-16-10-15/h16H,4-11H2,1-3H3. The molecule has 106 valence electrons. The Balaban J connectivity index is 1.71. The lowest BCUT2D eigenvalue weighted by Crippen LogP contribution is -2.29. The first kappa shape index (κ1) is 13.1. The lowest BCUT2D eigenvalue weighted by Gasteiger charge is -2.23. The summed E-state index contributed by atoms with van der Waals surface area (Å²) in [5.74, 6) is 0. The van der Waals surface area contributed by atoms with Crippen molar-refractivity contribution in [2.24, 2.45) is 5.41 Å². The number of aromatic nitrogens is 2. The minimum Gasteiger partial charge on any atom is -0.316 e. The molecule has 0 aromatic carbocycles. The summed E-state index contributed by atoms with van der Waals surface area (Å²) in [6, 6.07) is 0. The molecule has 2 saturated heterocycles. The average molecular weight is 262 g/mol. The van der Waals surface area contributed by atoms with Crippen molar-refractivity contribution in [2.45, 2.75) is 46.7 Å². The van der Waals surface area contributed by atoms with Crippen molar-refractivity contribution in [3.8, 4) is 0 Å². The van der Waals surface area contributed by atoms with Crippen molar-refractivity contribution in [1.29, 1.82) is 0 Å². The van der Waals surface area contributed by atoms with E-state index in [2.05, 4.69) is 40.8 Å². The Morgan fingerprint density at radius 1 is 1.32 bits per heavy atom. The van der Waals surface area contributed by atoms with E-state index in [0.29, 0.717) is 5.41 Å². The number of aryl methyl sites for hydroxylation is 2. The zero-order valence-electron chi connectivity index (χ0n) is 12.5. The van der Waals surface area contributed by atoms with Gasteiger partial charge in [-0.2, -0.15) is 5.10 Å². The van der Waals surface area contributed by atoms with Gasteiger partial charge in [0.2, 0.25) is 0 Å². The van der Waals surface area contributed by atoms with Gasteiger partial charge in [0, 0.05) is 37.4 Å². The van der Waals surface area contributed by atoms with Crippen LogP contribution in [0.3, 0.4) is 0 Å². The number of rotatable bonds is 3. The molecular weight excluding hydrogens is 236 g/mol. The van der Waals surface area contributed by atoms with Gasteiger partial charge in [0.15, 0.2) is 0 Å². The molecule has 1 spiro atoms. The Bertz CT molecular complexity index is 457. The molecule has 1 atom stereocenters. The topological polar surface area (TPSA) is 33.1 Å². The van der Waals surface area contributed by atoms with Crippen LogP contribution >= 0.6 is 0 Å². The van der Waals surface area contributed by atoms with E-state index in [4.69, 9.17) is 0 Å². The first-order chi connectivity index (χ1) is 9.13. The van der Waals surface area contributed by atoms with Crippen LogP contribution in [0.2, 0.25) is 0 Å². The Morgan fingerprint density at radius 3 is 2.79 bits per heavy atom. The van der Waals surface area contributed by atoms with Gasteiger partial charge in [-0.15, -0.1) is 0 Å². The number of likely N-dealkylation sites (tertiary alicyclic amines) is 1. The van der Waals surface area contributed by atoms with Crippen LogP contribution in [0, 0.1) is 19.3 Å². The van der Waals surface area contributed by atoms with Gasteiger partial charge in [0.25, 0.3) is 0 Å². The maximum Gasteiger partial charge on any atom is 0.0641 e. The smallest absolute Gasteiger partial charge is 0.0641 e. The first-order valence-electron chi connectivity index (χ1n) is 7.59. The van der Waals surface area contributed by atoms with Crippen LogP contribution in [0.1, 0.15) is 36.7 Å². The zero-order valence-corrected chi connectivity index (χ0v) is 12.5. The number of nitrogens with zero attached hydrogens (tertiary/aromatic N) is 3. The van der Waals surface area contributed by atoms with Crippen molar-refractivity contribution < 1.29 is 0 Å². The van der Waals surface area contributed by atoms with E-state index in [-0.39, 0.29) is 0 Å². The lowest BCUT2D eigenvalue weighted by molar-refractivity contribution is 0.268. The summed E-state index contributed by atoms with van der Waals surface area (Å²) < 4.78 is 2.13. The highest BCUT2D eigenvalue weighted by Crippen LogP contribution is 2.36. The second kappa shape index (κ2) is 4.91. The Morgan fingerprint density at radius 2 is 2.16 bits per heavy atom. The molecule has 19 heavy (non-hydrogen) atoms. The lowest BCUT2D eigenvalue weighted by atomic mass is 9.86. The van der Waals surface area contributed by atoms with Gasteiger partial charge in [-0.3, -0.25) is 9.58 Å². The Kier molecular flexibility index (Phi) is 3.39. The van der Waals surface area contributed by atoms with Gasteiger partial charge in [-0.25, -0.2) is 0 Å². The molecule has 0 bridgehead atoms. The molecule has 1 aromatic rings. The van der Waals surface area contributed by atoms with Gasteiger partial charge >= 0.3 is 0 Å². The summed E-state index contributed by atoms with van der Waals surface area (Å²) in [5.41, 5.74) is 4.59. The highest BCUT2D eigenvalue weighted by Gasteiger charge is 2.40. The van der Waals surface area contributed by atoms with Gasteiger partial charge in [0.1, 0.15) is 0 Å². The summed E-state index contributed by atoms with van der Waals surface area (Å²) in [4.78, 5) is 2.63. The Labute approximate surface area is 116 Å². The van der Waals surface area contributed by atoms with Crippen LogP contribution in [0.4, 0.5) is 0 Å². The molecule has 0 radical (unpaired) electrons. The zero-order chi connectivity index (χ0) is 13.5. The average Bonchev–Trinajstić information content (AvgIpc) is 3.08. The molecule has 0 aliphatic carbocycles. The number of hydrogen-bond acceptors (Lipinski definition) is 3. The van der Waals surface area contributed by atoms with Crippen molar-refractivity contribution in [1.82, 2.24) is 20.0 Å². The molecule has 0 saturated carbocycles. The van der Waals surface area contributed by atoms with Gasteiger partial charge < -0.3 is 5.32 Å². The second-order valence-corrected chi connectivity index (χ2v) is 6.35. The third kappa shape index (κ3) is 2.32. The molecule has 2 aliphatic heterocycles. The molecule has 1 N–H and O–H groups in total. The van der Waals surface area contributed by atoms with Crippen LogP contribution in [0.25, 0.3) is 0 Å². The maximum absolute atomic E-state index is 4.64. The highest BCUT2D eigenvalue weighted by atomic mass is 15.3. The second-order valence-electron chi connectivity index (χ2n) is 6.35. The number of nitrogens with one attached hydrogen (secondary N) is 1. The fourth-order valence-corrected chi connectivity index (χ4v) is 3.80. The monoisotopic (exact) mass is 262 g/mol. The van der Waals surface area contributed by atoms with Crippen LogP contribution in [0.15, 0.2) is 0 Å². The van der Waals surface area contributed by atoms with E-state index >= 15 is 0 Å². The quantitative estimate of drug-likeness (QED) is 0.900. The van der Waals surface area contributed by atoms with Crippen molar-refractivity contribution in [3.05, 3.63) is 17.0 Å². The first-order valence-corrected chi connectivity index (χ1v) is 7.59. The fourth-order valence-electron chi connectivity index (χ4n) is 3.80. The van der Waals surface area contributed by atoms with Gasteiger partial charge in [-0.05, 0) is 52.1 Å². The predicted molar refractivity (Wildman–Crippen MR) is 77.2 cm³/mol. The molecule has 4 heteroatoms. The van der Waals surface area contributed by atoms with Gasteiger partial charge in [0.05, 0.1) is 5.69 Å². The van der Waals surface area contributed by atoms with E-state index in [0.717, 1.165) is 13.1 Å². The van der Waals surface area contributed by atoms with Crippen LogP contribution < -0.4 is 5.32 Å². The normalized spacial score (nSPS) is 27.7. The van der Waals surface area contributed by atoms with Crippen LogP contribution in [0.5, 0.6) is 0 Å². The van der Waals surface area contributed by atoms with E-state index in [1.807, 2.05) is 0 Å². The van der Waals surface area contributed by atoms with Crippen molar-refractivity contribution in [3.63, 3.8) is 0 Å². The van der Waals surface area contributed by atoms with Crippen molar-refractivity contribution in [2.75, 3.05) is 26.2 Å². The molecule has 3 rings (SSSR count). The molecule has 4 nitrogen and oxygen atoms in total. The molecule has 1 unspecified atom stereocenters. The highest BCUT2D eigenvalue weighted by molar-refractivity contribution is 5.24. The summed E-state index contributed by atoms with van der Waals surface area (Å²) in [7, 11) is 0. The van der Waals surface area contributed by atoms with E-state index in [1.54, 1.807) is 0 Å². The fraction of sp³-hybridized carbons (Fsp3) is 0.800. The largest absolute Gasteiger partial charge is 0.316 e. The summed E-state index contributed by atoms with van der Waals surface area (Å²) in [5, 5.41) is 8.17. The maximum atomic E-state index is 4.64. The van der Waals surface area contributed by atoms with Crippen LogP contribution in [-0.4, -0.2) is 40.9 Å². The van der Waals surface area contributed by atoms with E-state index < -0.39 is 0 Å². The molecule has 2 aliphatic rings. The van der Waals surface area contributed by atoms with Gasteiger partial charge in [-0.1, -0.05) is 0 Å². The molecule has 2 fully saturated rings. The van der Waals surface area contributed by atoms with Crippen molar-refractivity contribution >= 4 is 0 Å². The molecule has 3 heterocycles. The summed E-state index contributed by atoms with van der Waals surface area (Å²) >= 11 is 0. The Hall–Kier alpha value is -0.870. The molecule has 1 aromatic heterocycles. The molecule has 0 amide bonds. The third-order valence-corrected chi connectivity index (χ3v) is 5.06. The van der Waals surface area contributed by atoms with E-state index in [9.17, 15) is 0 Å². The predicted octanol–water partition coefficient (Wildman–Crippen LogP) is 1.71. The summed E-state index contributed by atoms with van der Waals surface area (Å²) in [6.07, 6.45) is 2.72. The van der Waals surface area contributed by atoms with E-state index in [1.165, 1.54) is 56.0 Å². The SMILES string of the molecule is CCn1nc(C)c(CN2CCC3(CCNC3)C2)c1C. The molecular formula is C15H26N4. The minimum atomic E-state index is 0.572. The number of hydrogen-bond donors (Lipinski definition) is 1.